The van der Waals surface area contributed by atoms with E-state index < -0.39 is 0 Å². The van der Waals surface area contributed by atoms with Gasteiger partial charge in [-0.15, -0.1) is 11.3 Å². The van der Waals surface area contributed by atoms with Crippen molar-refractivity contribution in [3.05, 3.63) is 152 Å². The second-order valence-electron chi connectivity index (χ2n) is 11.0. The smallest absolute Gasteiger partial charge is 0.135 e. The van der Waals surface area contributed by atoms with E-state index in [1.807, 2.05) is 23.5 Å². The van der Waals surface area contributed by atoms with Crippen LogP contribution in [0.25, 0.3) is 64.0 Å². The van der Waals surface area contributed by atoms with Crippen molar-refractivity contribution >= 4 is 81.3 Å². The van der Waals surface area contributed by atoms with Gasteiger partial charge in [0.05, 0.1) is 0 Å². The third-order valence-corrected chi connectivity index (χ3v) is 9.56. The molecule has 0 atom stereocenters. The van der Waals surface area contributed by atoms with Crippen LogP contribution in [0.4, 0.5) is 17.1 Å². The number of hydrogen-bond acceptors (Lipinski definition) is 3. The minimum absolute atomic E-state index is 0.900. The molecular formula is C40H25NOS. The number of benzene rings is 7. The molecule has 2 nitrogen and oxygen atoms in total. The van der Waals surface area contributed by atoms with Crippen molar-refractivity contribution in [2.24, 2.45) is 0 Å². The molecular weight excluding hydrogens is 543 g/mol. The van der Waals surface area contributed by atoms with E-state index in [-0.39, 0.29) is 0 Å². The molecule has 0 bridgehead atoms. The predicted octanol–water partition coefficient (Wildman–Crippen LogP) is 12.2. The van der Waals surface area contributed by atoms with Crippen molar-refractivity contribution < 1.29 is 4.42 Å². The van der Waals surface area contributed by atoms with Gasteiger partial charge in [0.25, 0.3) is 0 Å². The molecule has 0 amide bonds. The highest BCUT2D eigenvalue weighted by atomic mass is 32.1. The minimum Gasteiger partial charge on any atom is -0.456 e. The molecule has 0 saturated carbocycles. The van der Waals surface area contributed by atoms with Crippen LogP contribution in [0.2, 0.25) is 0 Å². The first-order valence-electron chi connectivity index (χ1n) is 14.5. The lowest BCUT2D eigenvalue weighted by atomic mass is 9.99. The van der Waals surface area contributed by atoms with Crippen LogP contribution in [-0.4, -0.2) is 0 Å². The number of rotatable bonds is 4. The zero-order valence-corrected chi connectivity index (χ0v) is 24.0. The fourth-order valence-electron chi connectivity index (χ4n) is 6.33. The van der Waals surface area contributed by atoms with Crippen molar-refractivity contribution in [2.75, 3.05) is 4.90 Å². The second-order valence-corrected chi connectivity index (χ2v) is 12.1. The van der Waals surface area contributed by atoms with Gasteiger partial charge in [-0.3, -0.25) is 0 Å². The summed E-state index contributed by atoms with van der Waals surface area (Å²) in [6.45, 7) is 0. The van der Waals surface area contributed by atoms with E-state index in [4.69, 9.17) is 4.42 Å². The highest BCUT2D eigenvalue weighted by molar-refractivity contribution is 7.25. The maximum absolute atomic E-state index is 6.11. The summed E-state index contributed by atoms with van der Waals surface area (Å²) >= 11 is 1.87. The normalized spacial score (nSPS) is 11.7. The molecule has 2 heterocycles. The first-order valence-corrected chi connectivity index (χ1v) is 15.3. The lowest BCUT2D eigenvalue weighted by Gasteiger charge is -2.25. The topological polar surface area (TPSA) is 16.4 Å². The van der Waals surface area contributed by atoms with Gasteiger partial charge in [0.15, 0.2) is 0 Å². The van der Waals surface area contributed by atoms with Crippen molar-refractivity contribution in [2.45, 2.75) is 0 Å². The van der Waals surface area contributed by atoms with Gasteiger partial charge in [-0.25, -0.2) is 0 Å². The molecule has 7 aromatic carbocycles. The molecule has 0 saturated heterocycles. The molecule has 0 aliphatic rings. The van der Waals surface area contributed by atoms with Crippen LogP contribution in [0.1, 0.15) is 0 Å². The average Bonchev–Trinajstić information content (AvgIpc) is 3.62. The van der Waals surface area contributed by atoms with Gasteiger partial charge >= 0.3 is 0 Å². The van der Waals surface area contributed by atoms with Crippen molar-refractivity contribution in [3.63, 3.8) is 0 Å². The lowest BCUT2D eigenvalue weighted by molar-refractivity contribution is 0.669. The van der Waals surface area contributed by atoms with Crippen LogP contribution in [0.3, 0.4) is 0 Å². The Balaban J connectivity index is 1.12. The van der Waals surface area contributed by atoms with E-state index in [0.29, 0.717) is 0 Å². The molecule has 0 unspecified atom stereocenters. The Labute approximate surface area is 252 Å². The fourth-order valence-corrected chi connectivity index (χ4v) is 7.46. The average molecular weight is 568 g/mol. The Morgan fingerprint density at radius 1 is 0.395 bits per heavy atom. The molecule has 2 aromatic heterocycles. The number of furan rings is 1. The van der Waals surface area contributed by atoms with E-state index >= 15 is 0 Å². The first kappa shape index (κ1) is 24.2. The van der Waals surface area contributed by atoms with Gasteiger partial charge < -0.3 is 9.32 Å². The van der Waals surface area contributed by atoms with Gasteiger partial charge in [0.1, 0.15) is 11.2 Å². The summed E-state index contributed by atoms with van der Waals surface area (Å²) in [6.07, 6.45) is 0. The molecule has 3 heteroatoms. The molecule has 0 aliphatic heterocycles. The number of nitrogens with zero attached hydrogens (tertiary/aromatic N) is 1. The zero-order chi connectivity index (χ0) is 28.3. The molecule has 0 radical (unpaired) electrons. The standard InChI is InChI=1S/C40H25NOS/c1-2-8-30(9-3-1)41(32-20-21-38-35(25-32)33-10-4-6-12-37(33)42-38)31-18-16-26(17-19-31)27-14-15-28-23-36-34-11-5-7-13-39(34)43-40(36)24-29(28)22-27/h1-25H. The maximum Gasteiger partial charge on any atom is 0.135 e. The highest BCUT2D eigenvalue weighted by Gasteiger charge is 2.15. The number of hydrogen-bond donors (Lipinski definition) is 0. The maximum atomic E-state index is 6.11. The lowest BCUT2D eigenvalue weighted by Crippen LogP contribution is -2.09. The number of para-hydroxylation sites is 2. The van der Waals surface area contributed by atoms with Crippen molar-refractivity contribution in [1.82, 2.24) is 0 Å². The third-order valence-electron chi connectivity index (χ3n) is 8.43. The van der Waals surface area contributed by atoms with Crippen LogP contribution >= 0.6 is 11.3 Å². The third kappa shape index (κ3) is 4.01. The quantitative estimate of drug-likeness (QED) is 0.210. The summed E-state index contributed by atoms with van der Waals surface area (Å²) in [6, 6.07) is 54.3. The van der Waals surface area contributed by atoms with E-state index in [1.54, 1.807) is 0 Å². The van der Waals surface area contributed by atoms with Crippen LogP contribution in [0, 0.1) is 0 Å². The van der Waals surface area contributed by atoms with Crippen LogP contribution in [0.5, 0.6) is 0 Å². The summed E-state index contributed by atoms with van der Waals surface area (Å²) in [4.78, 5) is 2.31. The number of thiophene rings is 1. The second kappa shape index (κ2) is 9.59. The van der Waals surface area contributed by atoms with E-state index in [0.717, 1.165) is 39.0 Å². The predicted molar refractivity (Wildman–Crippen MR) is 184 cm³/mol. The summed E-state index contributed by atoms with van der Waals surface area (Å²) in [5, 5.41) is 7.47. The minimum atomic E-state index is 0.900. The van der Waals surface area contributed by atoms with E-state index in [9.17, 15) is 0 Å². The Hall–Kier alpha value is -5.38. The highest BCUT2D eigenvalue weighted by Crippen LogP contribution is 2.40. The molecule has 0 fully saturated rings. The number of anilines is 3. The zero-order valence-electron chi connectivity index (χ0n) is 23.2. The molecule has 202 valence electrons. The Bertz CT molecular complexity index is 2450. The Kier molecular flexibility index (Phi) is 5.40. The van der Waals surface area contributed by atoms with Gasteiger partial charge in [-0.1, -0.05) is 78.9 Å². The summed E-state index contributed by atoms with van der Waals surface area (Å²) in [5.74, 6) is 0. The molecule has 43 heavy (non-hydrogen) atoms. The van der Waals surface area contributed by atoms with E-state index in [1.165, 1.54) is 42.1 Å². The molecule has 0 aliphatic carbocycles. The Morgan fingerprint density at radius 2 is 1.09 bits per heavy atom. The first-order chi connectivity index (χ1) is 21.3. The largest absolute Gasteiger partial charge is 0.456 e. The van der Waals surface area contributed by atoms with Crippen LogP contribution in [-0.2, 0) is 0 Å². The molecule has 0 N–H and O–H groups in total. The van der Waals surface area contributed by atoms with Gasteiger partial charge in [0, 0.05) is 48.0 Å². The fraction of sp³-hybridized carbons (Fsp3) is 0. The van der Waals surface area contributed by atoms with E-state index in [2.05, 4.69) is 144 Å². The van der Waals surface area contributed by atoms with Crippen molar-refractivity contribution in [1.29, 1.82) is 0 Å². The molecule has 9 rings (SSSR count). The van der Waals surface area contributed by atoms with Crippen molar-refractivity contribution in [3.8, 4) is 11.1 Å². The summed E-state index contributed by atoms with van der Waals surface area (Å²) in [5.41, 5.74) is 7.54. The van der Waals surface area contributed by atoms with Crippen LogP contribution < -0.4 is 4.90 Å². The molecule has 0 spiro atoms. The summed E-state index contributed by atoms with van der Waals surface area (Å²) in [7, 11) is 0. The van der Waals surface area contributed by atoms with Gasteiger partial charge in [-0.05, 0) is 94.7 Å². The van der Waals surface area contributed by atoms with Gasteiger partial charge in [-0.2, -0.15) is 0 Å². The molecule has 9 aromatic rings. The SMILES string of the molecule is c1ccc(N(c2ccc(-c3ccc4cc5c(cc4c3)sc3ccccc35)cc2)c2ccc3oc4ccccc4c3c2)cc1. The Morgan fingerprint density at radius 3 is 1.98 bits per heavy atom. The van der Waals surface area contributed by atoms with Gasteiger partial charge in [0.2, 0.25) is 0 Å². The monoisotopic (exact) mass is 567 g/mol. The summed E-state index contributed by atoms with van der Waals surface area (Å²) < 4.78 is 8.79. The van der Waals surface area contributed by atoms with Crippen LogP contribution in [0.15, 0.2) is 156 Å². The number of fused-ring (bicyclic) bond motifs is 7.